The summed E-state index contributed by atoms with van der Waals surface area (Å²) in [6.45, 7) is 1.25. The van der Waals surface area contributed by atoms with Crippen LogP contribution in [0.4, 0.5) is 0 Å². The van der Waals surface area contributed by atoms with Crippen LogP contribution in [0.1, 0.15) is 41.0 Å². The second-order valence-electron chi connectivity index (χ2n) is 7.74. The lowest BCUT2D eigenvalue weighted by Crippen LogP contribution is -2.24. The summed E-state index contributed by atoms with van der Waals surface area (Å²) in [7, 11) is 0. The number of nitrogens with one attached hydrogen (secondary N) is 1. The number of halogens is 2. The molecular weight excluding hydrogens is 441 g/mol. The van der Waals surface area contributed by atoms with E-state index in [-0.39, 0.29) is 5.91 Å². The number of rotatable bonds is 9. The van der Waals surface area contributed by atoms with E-state index in [4.69, 9.17) is 28.2 Å². The standard InChI is InChI=1S/C26H25Cl2N3O/c27-21-12-9-13-22(28)20(21)18-31-24-15-7-6-14-23(24)30-25(31)16-5-2-8-17-29-26(32)19-10-3-1-4-11-19/h1,3-4,6-7,9-15H,2,5,8,16-18H2,(H,29,32). The van der Waals surface area contributed by atoms with Crippen molar-refractivity contribution in [3.05, 3.63) is 99.8 Å². The Labute approximate surface area is 198 Å². The molecule has 0 saturated carbocycles. The van der Waals surface area contributed by atoms with E-state index < -0.39 is 0 Å². The van der Waals surface area contributed by atoms with E-state index in [1.807, 2.05) is 66.7 Å². The molecule has 164 valence electrons. The highest BCUT2D eigenvalue weighted by atomic mass is 35.5. The van der Waals surface area contributed by atoms with Gasteiger partial charge in [0.2, 0.25) is 0 Å². The number of aromatic nitrogens is 2. The van der Waals surface area contributed by atoms with Gasteiger partial charge >= 0.3 is 0 Å². The molecule has 0 atom stereocenters. The number of fused-ring (bicyclic) bond motifs is 1. The number of unbranched alkanes of at least 4 members (excludes halogenated alkanes) is 2. The Morgan fingerprint density at radius 2 is 1.56 bits per heavy atom. The second-order valence-corrected chi connectivity index (χ2v) is 8.55. The minimum absolute atomic E-state index is 0.0241. The first-order chi connectivity index (χ1) is 15.6. The molecule has 0 saturated heterocycles. The highest BCUT2D eigenvalue weighted by molar-refractivity contribution is 6.36. The van der Waals surface area contributed by atoms with Crippen LogP contribution in [0, 0.1) is 0 Å². The molecule has 1 aromatic heterocycles. The molecule has 1 N–H and O–H groups in total. The van der Waals surface area contributed by atoms with Crippen molar-refractivity contribution in [3.63, 3.8) is 0 Å². The highest BCUT2D eigenvalue weighted by Gasteiger charge is 2.14. The van der Waals surface area contributed by atoms with Gasteiger partial charge in [0.05, 0.1) is 17.6 Å². The lowest BCUT2D eigenvalue weighted by atomic mass is 10.1. The molecule has 0 radical (unpaired) electrons. The average Bonchev–Trinajstić information content (AvgIpc) is 3.16. The van der Waals surface area contributed by atoms with Gasteiger partial charge in [0.15, 0.2) is 0 Å². The zero-order valence-corrected chi connectivity index (χ0v) is 19.2. The van der Waals surface area contributed by atoms with Gasteiger partial charge in [-0.15, -0.1) is 0 Å². The summed E-state index contributed by atoms with van der Waals surface area (Å²) < 4.78 is 2.21. The third kappa shape index (κ3) is 5.32. The average molecular weight is 466 g/mol. The van der Waals surface area contributed by atoms with E-state index in [1.54, 1.807) is 0 Å². The maximum atomic E-state index is 12.1. The SMILES string of the molecule is O=C(NCCCCCc1nc2ccccc2n1Cc1c(Cl)cccc1Cl)c1ccccc1. The van der Waals surface area contributed by atoms with Crippen molar-refractivity contribution in [3.8, 4) is 0 Å². The fourth-order valence-electron chi connectivity index (χ4n) is 3.81. The lowest BCUT2D eigenvalue weighted by molar-refractivity contribution is 0.0953. The van der Waals surface area contributed by atoms with Crippen molar-refractivity contribution >= 4 is 40.1 Å². The van der Waals surface area contributed by atoms with Gasteiger partial charge < -0.3 is 9.88 Å². The molecule has 0 unspecified atom stereocenters. The van der Waals surface area contributed by atoms with Crippen molar-refractivity contribution in [1.29, 1.82) is 0 Å². The molecule has 32 heavy (non-hydrogen) atoms. The number of benzene rings is 3. The Morgan fingerprint density at radius 3 is 2.34 bits per heavy atom. The van der Waals surface area contributed by atoms with Crippen LogP contribution in [0.2, 0.25) is 10.0 Å². The van der Waals surface area contributed by atoms with Gasteiger partial charge in [0.1, 0.15) is 5.82 Å². The summed E-state index contributed by atoms with van der Waals surface area (Å²) >= 11 is 12.9. The van der Waals surface area contributed by atoms with Gasteiger partial charge in [0, 0.05) is 34.1 Å². The first-order valence-electron chi connectivity index (χ1n) is 10.8. The number of carbonyl (C=O) groups excluding carboxylic acids is 1. The van der Waals surface area contributed by atoms with E-state index in [0.29, 0.717) is 28.7 Å². The largest absolute Gasteiger partial charge is 0.352 e. The van der Waals surface area contributed by atoms with E-state index in [9.17, 15) is 4.79 Å². The molecule has 1 heterocycles. The monoisotopic (exact) mass is 465 g/mol. The third-order valence-corrected chi connectivity index (χ3v) is 6.22. The van der Waals surface area contributed by atoms with Crippen molar-refractivity contribution < 1.29 is 4.79 Å². The zero-order valence-electron chi connectivity index (χ0n) is 17.7. The van der Waals surface area contributed by atoms with Gasteiger partial charge in [-0.2, -0.15) is 0 Å². The van der Waals surface area contributed by atoms with Crippen LogP contribution in [-0.4, -0.2) is 22.0 Å². The molecule has 4 aromatic rings. The van der Waals surface area contributed by atoms with E-state index in [1.165, 1.54) is 0 Å². The number of para-hydroxylation sites is 2. The predicted octanol–water partition coefficient (Wildman–Crippen LogP) is 6.53. The topological polar surface area (TPSA) is 46.9 Å². The van der Waals surface area contributed by atoms with Gasteiger partial charge in [-0.25, -0.2) is 4.98 Å². The normalized spacial score (nSPS) is 11.1. The maximum Gasteiger partial charge on any atom is 0.251 e. The van der Waals surface area contributed by atoms with Gasteiger partial charge in [-0.05, 0) is 49.2 Å². The fraction of sp³-hybridized carbons (Fsp3) is 0.231. The summed E-state index contributed by atoms with van der Waals surface area (Å²) in [6.07, 6.45) is 3.77. The molecule has 0 aliphatic rings. The molecule has 1 amide bonds. The van der Waals surface area contributed by atoms with Crippen LogP contribution < -0.4 is 5.32 Å². The van der Waals surface area contributed by atoms with Crippen LogP contribution in [0.5, 0.6) is 0 Å². The summed E-state index contributed by atoms with van der Waals surface area (Å²) in [6, 6.07) is 23.0. The Balaban J connectivity index is 1.37. The molecule has 3 aromatic carbocycles. The second kappa shape index (κ2) is 10.7. The lowest BCUT2D eigenvalue weighted by Gasteiger charge is -2.12. The van der Waals surface area contributed by atoms with Gasteiger partial charge in [0.25, 0.3) is 5.91 Å². The van der Waals surface area contributed by atoms with Gasteiger partial charge in [-0.1, -0.05) is 66.0 Å². The number of imidazole rings is 1. The first kappa shape index (κ1) is 22.4. The summed E-state index contributed by atoms with van der Waals surface area (Å²) in [5, 5.41) is 4.31. The molecular formula is C26H25Cl2N3O. The van der Waals surface area contributed by atoms with Crippen LogP contribution >= 0.6 is 23.2 Å². The summed E-state index contributed by atoms with van der Waals surface area (Å²) in [5.74, 6) is 1.000. The zero-order chi connectivity index (χ0) is 22.3. The Hall–Kier alpha value is -2.82. The number of carbonyl (C=O) groups is 1. The fourth-order valence-corrected chi connectivity index (χ4v) is 4.33. The van der Waals surface area contributed by atoms with E-state index in [0.717, 1.165) is 48.1 Å². The quantitative estimate of drug-likeness (QED) is 0.285. The molecule has 4 rings (SSSR count). The van der Waals surface area contributed by atoms with Crippen molar-refractivity contribution in [1.82, 2.24) is 14.9 Å². The predicted molar refractivity (Wildman–Crippen MR) is 132 cm³/mol. The van der Waals surface area contributed by atoms with Crippen molar-refractivity contribution in [2.75, 3.05) is 6.54 Å². The Morgan fingerprint density at radius 1 is 0.844 bits per heavy atom. The van der Waals surface area contributed by atoms with Crippen LogP contribution in [0.25, 0.3) is 11.0 Å². The molecule has 0 bridgehead atoms. The van der Waals surface area contributed by atoms with Crippen molar-refractivity contribution in [2.24, 2.45) is 0 Å². The number of aryl methyl sites for hydroxylation is 1. The summed E-state index contributed by atoms with van der Waals surface area (Å²) in [4.78, 5) is 17.0. The summed E-state index contributed by atoms with van der Waals surface area (Å²) in [5.41, 5.74) is 3.65. The number of hydrogen-bond acceptors (Lipinski definition) is 2. The molecule has 4 nitrogen and oxygen atoms in total. The highest BCUT2D eigenvalue weighted by Crippen LogP contribution is 2.28. The third-order valence-electron chi connectivity index (χ3n) is 5.51. The number of amides is 1. The molecule has 0 aliphatic heterocycles. The van der Waals surface area contributed by atoms with E-state index >= 15 is 0 Å². The number of nitrogens with zero attached hydrogens (tertiary/aromatic N) is 2. The molecule has 0 aliphatic carbocycles. The van der Waals surface area contributed by atoms with Crippen LogP contribution in [0.15, 0.2) is 72.8 Å². The van der Waals surface area contributed by atoms with Gasteiger partial charge in [-0.3, -0.25) is 4.79 Å². The number of hydrogen-bond donors (Lipinski definition) is 1. The van der Waals surface area contributed by atoms with E-state index in [2.05, 4.69) is 16.0 Å². The molecule has 0 fully saturated rings. The Kier molecular flexibility index (Phi) is 7.46. The minimum atomic E-state index is -0.0241. The molecule has 6 heteroatoms. The van der Waals surface area contributed by atoms with Crippen molar-refractivity contribution in [2.45, 2.75) is 32.2 Å². The molecule has 0 spiro atoms. The van der Waals surface area contributed by atoms with Crippen LogP contribution in [0.3, 0.4) is 0 Å². The maximum absolute atomic E-state index is 12.1. The minimum Gasteiger partial charge on any atom is -0.352 e. The first-order valence-corrected chi connectivity index (χ1v) is 11.6. The smallest absolute Gasteiger partial charge is 0.251 e. The Bertz CT molecular complexity index is 1180. The van der Waals surface area contributed by atoms with Crippen LogP contribution in [-0.2, 0) is 13.0 Å².